The summed E-state index contributed by atoms with van der Waals surface area (Å²) in [5.41, 5.74) is 3.44. The van der Waals surface area contributed by atoms with Crippen molar-refractivity contribution in [3.63, 3.8) is 0 Å². The van der Waals surface area contributed by atoms with Crippen LogP contribution in [0.3, 0.4) is 0 Å². The third-order valence-corrected chi connectivity index (χ3v) is 9.02. The molecule has 3 aromatic carbocycles. The van der Waals surface area contributed by atoms with Crippen molar-refractivity contribution in [3.8, 4) is 11.8 Å². The van der Waals surface area contributed by atoms with E-state index in [1.807, 2.05) is 18.2 Å². The summed E-state index contributed by atoms with van der Waals surface area (Å²) in [5, 5.41) is 13.3. The number of nitriles is 1. The van der Waals surface area contributed by atoms with Gasteiger partial charge in [-0.2, -0.15) is 5.26 Å². The average molecular weight is 595 g/mol. The van der Waals surface area contributed by atoms with Gasteiger partial charge in [-0.3, -0.25) is 14.4 Å². The van der Waals surface area contributed by atoms with Gasteiger partial charge in [0.05, 0.1) is 17.6 Å². The molecule has 0 radical (unpaired) electrons. The van der Waals surface area contributed by atoms with Crippen LogP contribution in [0.2, 0.25) is 0 Å². The first kappa shape index (κ1) is 29.1. The van der Waals surface area contributed by atoms with Crippen LogP contribution >= 0.6 is 23.7 Å². The van der Waals surface area contributed by atoms with E-state index in [1.54, 1.807) is 24.3 Å². The lowest BCUT2D eigenvalue weighted by molar-refractivity contribution is 0.102. The highest BCUT2D eigenvalue weighted by atomic mass is 35.5. The zero-order chi connectivity index (χ0) is 27.4. The van der Waals surface area contributed by atoms with Crippen molar-refractivity contribution in [3.05, 3.63) is 106 Å². The van der Waals surface area contributed by atoms with Gasteiger partial charge in [-0.05, 0) is 66.1 Å². The average Bonchev–Trinajstić information content (AvgIpc) is 3.29. The summed E-state index contributed by atoms with van der Waals surface area (Å²) in [4.78, 5) is 16.5. The maximum Gasteiger partial charge on any atom is 0.261 e. The number of hydrogen-bond donors (Lipinski definition) is 2. The fourth-order valence-corrected chi connectivity index (χ4v) is 6.77. The van der Waals surface area contributed by atoms with Crippen LogP contribution in [-0.4, -0.2) is 32.9 Å². The summed E-state index contributed by atoms with van der Waals surface area (Å²) in [6.45, 7) is 2.40. The molecule has 8 nitrogen and oxygen atoms in total. The molecule has 0 aliphatic carbocycles. The topological polar surface area (TPSA) is 112 Å². The Morgan fingerprint density at radius 1 is 1.05 bits per heavy atom. The Bertz CT molecular complexity index is 1630. The number of nitrogens with one attached hydrogen (secondary N) is 2. The zero-order valence-corrected chi connectivity index (χ0v) is 24.0. The van der Waals surface area contributed by atoms with Crippen molar-refractivity contribution in [2.45, 2.75) is 24.4 Å². The van der Waals surface area contributed by atoms with Crippen LogP contribution in [-0.2, 0) is 29.5 Å². The van der Waals surface area contributed by atoms with E-state index in [0.717, 1.165) is 36.5 Å². The molecule has 0 fully saturated rings. The minimum atomic E-state index is -3.80. The molecule has 0 saturated heterocycles. The molecule has 0 atom stereocenters. The van der Waals surface area contributed by atoms with Gasteiger partial charge in [0.2, 0.25) is 0 Å². The summed E-state index contributed by atoms with van der Waals surface area (Å²) in [6.07, 6.45) is 0.750. The number of fused-ring (bicyclic) bond motifs is 1. The van der Waals surface area contributed by atoms with Gasteiger partial charge in [0.1, 0.15) is 16.8 Å². The molecule has 0 bridgehead atoms. The highest BCUT2D eigenvalue weighted by molar-refractivity contribution is 7.92. The van der Waals surface area contributed by atoms with E-state index in [1.165, 1.54) is 48.3 Å². The summed E-state index contributed by atoms with van der Waals surface area (Å²) in [7, 11) is -2.29. The number of halogens is 1. The van der Waals surface area contributed by atoms with Crippen LogP contribution in [0.5, 0.6) is 5.75 Å². The number of nitrogens with zero attached hydrogens (tertiary/aromatic N) is 2. The summed E-state index contributed by atoms with van der Waals surface area (Å²) < 4.78 is 33.0. The van der Waals surface area contributed by atoms with Crippen LogP contribution in [0, 0.1) is 11.3 Å². The van der Waals surface area contributed by atoms with Crippen molar-refractivity contribution in [1.29, 1.82) is 5.26 Å². The maximum atomic E-state index is 13.0. The molecule has 206 valence electrons. The Balaban J connectivity index is 0.00000370. The molecule has 2 heterocycles. The van der Waals surface area contributed by atoms with Gasteiger partial charge in [-0.15, -0.1) is 23.7 Å². The molecule has 0 spiro atoms. The second-order valence-corrected chi connectivity index (χ2v) is 11.9. The Morgan fingerprint density at radius 2 is 1.75 bits per heavy atom. The summed E-state index contributed by atoms with van der Waals surface area (Å²) in [6, 6.07) is 24.7. The summed E-state index contributed by atoms with van der Waals surface area (Å²) in [5.74, 6) is 0.191. The van der Waals surface area contributed by atoms with E-state index in [4.69, 9.17) is 4.74 Å². The zero-order valence-electron chi connectivity index (χ0n) is 21.6. The minimum Gasteiger partial charge on any atom is -0.497 e. The Hall–Kier alpha value is -3.88. The van der Waals surface area contributed by atoms with Crippen LogP contribution in [0.15, 0.2) is 83.8 Å². The van der Waals surface area contributed by atoms with Crippen LogP contribution in [0.1, 0.15) is 31.9 Å². The third-order valence-electron chi connectivity index (χ3n) is 6.49. The monoisotopic (exact) mass is 594 g/mol. The summed E-state index contributed by atoms with van der Waals surface area (Å²) >= 11 is 1.44. The molecule has 1 amide bonds. The van der Waals surface area contributed by atoms with Crippen molar-refractivity contribution < 1.29 is 17.9 Å². The van der Waals surface area contributed by atoms with Crippen LogP contribution < -0.4 is 14.8 Å². The molecule has 1 aliphatic rings. The molecule has 1 aromatic heterocycles. The lowest BCUT2D eigenvalue weighted by atomic mass is 10.0. The quantitative estimate of drug-likeness (QED) is 0.272. The molecular weight excluding hydrogens is 568 g/mol. The molecule has 5 rings (SSSR count). The van der Waals surface area contributed by atoms with Crippen LogP contribution in [0.4, 0.5) is 10.7 Å². The van der Waals surface area contributed by atoms with Gasteiger partial charge in [-0.25, -0.2) is 8.42 Å². The molecule has 1 aliphatic heterocycles. The lowest BCUT2D eigenvalue weighted by Gasteiger charge is -2.26. The highest BCUT2D eigenvalue weighted by Gasteiger charge is 2.25. The molecule has 0 saturated carbocycles. The molecule has 11 heteroatoms. The number of anilines is 2. The van der Waals surface area contributed by atoms with Gasteiger partial charge in [-0.1, -0.05) is 30.3 Å². The van der Waals surface area contributed by atoms with Crippen molar-refractivity contribution >= 4 is 50.4 Å². The second kappa shape index (κ2) is 12.5. The Morgan fingerprint density at radius 3 is 2.40 bits per heavy atom. The van der Waals surface area contributed by atoms with Crippen LogP contribution in [0.25, 0.3) is 0 Å². The van der Waals surface area contributed by atoms with Gasteiger partial charge in [0.25, 0.3) is 15.9 Å². The van der Waals surface area contributed by atoms with E-state index in [-0.39, 0.29) is 23.2 Å². The number of carbonyl (C=O) groups excluding carboxylic acids is 1. The number of ether oxygens (including phenoxy) is 1. The number of hydrogen-bond acceptors (Lipinski definition) is 7. The highest BCUT2D eigenvalue weighted by Crippen LogP contribution is 2.37. The third kappa shape index (κ3) is 6.46. The Labute approximate surface area is 243 Å². The smallest absolute Gasteiger partial charge is 0.261 e. The van der Waals surface area contributed by atoms with E-state index >= 15 is 0 Å². The molecule has 40 heavy (non-hydrogen) atoms. The number of amides is 1. The lowest BCUT2D eigenvalue weighted by Crippen LogP contribution is -2.29. The van der Waals surface area contributed by atoms with Gasteiger partial charge in [0, 0.05) is 35.8 Å². The predicted molar refractivity (Wildman–Crippen MR) is 159 cm³/mol. The second-order valence-electron chi connectivity index (χ2n) is 9.08. The van der Waals surface area contributed by atoms with E-state index in [0.29, 0.717) is 27.6 Å². The first-order valence-corrected chi connectivity index (χ1v) is 14.6. The van der Waals surface area contributed by atoms with Gasteiger partial charge >= 0.3 is 0 Å². The number of methoxy groups -OCH3 is 1. The number of sulfonamides is 1. The van der Waals surface area contributed by atoms with Crippen molar-refractivity contribution in [2.75, 3.05) is 23.7 Å². The Kier molecular flexibility index (Phi) is 9.12. The fourth-order valence-electron chi connectivity index (χ4n) is 4.47. The van der Waals surface area contributed by atoms with E-state index < -0.39 is 10.0 Å². The first-order valence-electron chi connectivity index (χ1n) is 12.3. The number of rotatable bonds is 8. The molecule has 2 N–H and O–H groups in total. The SMILES string of the molecule is COc1ccc(S(=O)(=O)Nc2ccc(C(=O)Nc3sc4c(c3C#N)CCN(Cc3ccccc3)C4)cc2)cc1.Cl. The van der Waals surface area contributed by atoms with Gasteiger partial charge < -0.3 is 10.1 Å². The van der Waals surface area contributed by atoms with Gasteiger partial charge in [0.15, 0.2) is 0 Å². The van der Waals surface area contributed by atoms with E-state index in [2.05, 4.69) is 33.1 Å². The standard InChI is InChI=1S/C29H26N4O4S2.ClH/c1-37-23-11-13-24(14-12-23)39(35,36)32-22-9-7-21(8-10-22)28(34)31-29-26(17-30)25-15-16-33(19-27(25)38-29)18-20-5-3-2-4-6-20;/h2-14,32H,15-16,18-19H2,1H3,(H,31,34);1H. The molecule has 0 unspecified atom stereocenters. The molecular formula is C29H27ClN4O4S2. The maximum absolute atomic E-state index is 13.0. The minimum absolute atomic E-state index is 0. The predicted octanol–water partition coefficient (Wildman–Crippen LogP) is 5.66. The number of benzene rings is 3. The number of thiophene rings is 1. The van der Waals surface area contributed by atoms with Crippen molar-refractivity contribution in [1.82, 2.24) is 4.90 Å². The van der Waals surface area contributed by atoms with E-state index in [9.17, 15) is 18.5 Å². The number of carbonyl (C=O) groups is 1. The fraction of sp³-hybridized carbons (Fsp3) is 0.172. The largest absolute Gasteiger partial charge is 0.497 e. The molecule has 4 aromatic rings. The first-order chi connectivity index (χ1) is 18.9. The van der Waals surface area contributed by atoms with Crippen molar-refractivity contribution in [2.24, 2.45) is 0 Å². The normalized spacial score (nSPS) is 12.9.